The smallest absolute Gasteiger partial charge is 0.313 e. The molecule has 21 heavy (non-hydrogen) atoms. The second kappa shape index (κ2) is 5.62. The van der Waals surface area contributed by atoms with Crippen molar-refractivity contribution in [2.24, 2.45) is 5.41 Å². The van der Waals surface area contributed by atoms with Crippen LogP contribution in [-0.2, 0) is 14.9 Å². The third-order valence-corrected chi connectivity index (χ3v) is 4.03. The van der Waals surface area contributed by atoms with Gasteiger partial charge in [-0.15, -0.1) is 0 Å². The maximum absolute atomic E-state index is 12.0. The first-order valence-corrected chi connectivity index (χ1v) is 7.12. The lowest BCUT2D eigenvalue weighted by molar-refractivity contribution is -0.153. The SMILES string of the molecule is COC(=O)C(C)(C)C(C)(C)Nc1ccnc(C(C)(C)C)n1. The Morgan fingerprint density at radius 2 is 1.71 bits per heavy atom. The van der Waals surface area contributed by atoms with Crippen LogP contribution in [-0.4, -0.2) is 28.6 Å². The molecular formula is C16H27N3O2. The number of rotatable bonds is 4. The summed E-state index contributed by atoms with van der Waals surface area (Å²) >= 11 is 0. The van der Waals surface area contributed by atoms with Gasteiger partial charge in [0.25, 0.3) is 0 Å². The van der Waals surface area contributed by atoms with Gasteiger partial charge in [0.1, 0.15) is 11.6 Å². The van der Waals surface area contributed by atoms with Crippen LogP contribution < -0.4 is 5.32 Å². The van der Waals surface area contributed by atoms with E-state index in [9.17, 15) is 4.79 Å². The zero-order valence-electron chi connectivity index (χ0n) is 14.4. The number of hydrogen-bond acceptors (Lipinski definition) is 5. The molecule has 0 bridgehead atoms. The van der Waals surface area contributed by atoms with Gasteiger partial charge in [-0.1, -0.05) is 20.8 Å². The van der Waals surface area contributed by atoms with Crippen molar-refractivity contribution in [3.05, 3.63) is 18.1 Å². The fraction of sp³-hybridized carbons (Fsp3) is 0.688. The highest BCUT2D eigenvalue weighted by atomic mass is 16.5. The molecule has 118 valence electrons. The van der Waals surface area contributed by atoms with Gasteiger partial charge in [-0.2, -0.15) is 0 Å². The van der Waals surface area contributed by atoms with Crippen LogP contribution in [0.15, 0.2) is 12.3 Å². The molecule has 1 aromatic heterocycles. The van der Waals surface area contributed by atoms with Crippen molar-refractivity contribution in [3.63, 3.8) is 0 Å². The Bertz CT molecular complexity index is 516. The fourth-order valence-corrected chi connectivity index (χ4v) is 1.78. The normalized spacial score (nSPS) is 13.0. The Hall–Kier alpha value is -1.65. The molecule has 5 heteroatoms. The number of esters is 1. The minimum absolute atomic E-state index is 0.125. The molecule has 0 saturated carbocycles. The van der Waals surface area contributed by atoms with Crippen LogP contribution in [0.1, 0.15) is 54.3 Å². The van der Waals surface area contributed by atoms with Gasteiger partial charge in [0.15, 0.2) is 0 Å². The lowest BCUT2D eigenvalue weighted by atomic mass is 9.74. The second-order valence-corrected chi connectivity index (χ2v) is 7.38. The van der Waals surface area contributed by atoms with Crippen molar-refractivity contribution in [1.29, 1.82) is 0 Å². The number of hydrogen-bond donors (Lipinski definition) is 1. The Kier molecular flexibility index (Phi) is 4.66. The molecule has 0 aromatic carbocycles. The molecule has 0 radical (unpaired) electrons. The summed E-state index contributed by atoms with van der Waals surface area (Å²) in [4.78, 5) is 20.9. The average Bonchev–Trinajstić information content (AvgIpc) is 2.36. The summed E-state index contributed by atoms with van der Waals surface area (Å²) in [5, 5.41) is 3.33. The van der Waals surface area contributed by atoms with Crippen molar-refractivity contribution < 1.29 is 9.53 Å². The largest absolute Gasteiger partial charge is 0.469 e. The van der Waals surface area contributed by atoms with Crippen LogP contribution in [0.25, 0.3) is 0 Å². The van der Waals surface area contributed by atoms with Gasteiger partial charge >= 0.3 is 5.97 Å². The Balaban J connectivity index is 3.07. The minimum Gasteiger partial charge on any atom is -0.469 e. The topological polar surface area (TPSA) is 64.1 Å². The summed E-state index contributed by atoms with van der Waals surface area (Å²) in [6, 6.07) is 1.81. The summed E-state index contributed by atoms with van der Waals surface area (Å²) in [6.45, 7) is 13.8. The van der Waals surface area contributed by atoms with Gasteiger partial charge in [0.05, 0.1) is 12.5 Å². The van der Waals surface area contributed by atoms with Gasteiger partial charge in [0, 0.05) is 17.2 Å². The average molecular weight is 293 g/mol. The number of ether oxygens (including phenoxy) is 1. The Morgan fingerprint density at radius 1 is 1.14 bits per heavy atom. The number of aromatic nitrogens is 2. The van der Waals surface area contributed by atoms with E-state index in [1.807, 2.05) is 33.8 Å². The van der Waals surface area contributed by atoms with Crippen LogP contribution in [0.2, 0.25) is 0 Å². The molecule has 0 aliphatic heterocycles. The molecule has 0 aliphatic carbocycles. The summed E-state index contributed by atoms with van der Waals surface area (Å²) in [5.74, 6) is 1.21. The summed E-state index contributed by atoms with van der Waals surface area (Å²) in [7, 11) is 1.41. The van der Waals surface area contributed by atoms with Crippen LogP contribution in [0, 0.1) is 5.41 Å². The first-order valence-electron chi connectivity index (χ1n) is 7.12. The van der Waals surface area contributed by atoms with Crippen molar-refractivity contribution >= 4 is 11.8 Å². The van der Waals surface area contributed by atoms with E-state index >= 15 is 0 Å². The zero-order chi connectivity index (χ0) is 16.5. The van der Waals surface area contributed by atoms with Gasteiger partial charge in [-0.25, -0.2) is 9.97 Å². The second-order valence-electron chi connectivity index (χ2n) is 7.38. The number of carbonyl (C=O) groups is 1. The van der Waals surface area contributed by atoms with Crippen molar-refractivity contribution in [1.82, 2.24) is 9.97 Å². The third kappa shape index (κ3) is 3.71. The highest BCUT2D eigenvalue weighted by Crippen LogP contribution is 2.34. The predicted octanol–water partition coefficient (Wildman–Crippen LogP) is 3.16. The van der Waals surface area contributed by atoms with E-state index in [0.717, 1.165) is 5.82 Å². The van der Waals surface area contributed by atoms with Crippen LogP contribution >= 0.6 is 0 Å². The molecule has 0 aliphatic rings. The van der Waals surface area contributed by atoms with Crippen LogP contribution in [0.3, 0.4) is 0 Å². The first-order chi connectivity index (χ1) is 9.41. The first kappa shape index (κ1) is 17.4. The van der Waals surface area contributed by atoms with Crippen LogP contribution in [0.4, 0.5) is 5.82 Å². The molecule has 1 aromatic rings. The Labute approximate surface area is 127 Å². The number of nitrogens with one attached hydrogen (secondary N) is 1. The van der Waals surface area contributed by atoms with Crippen molar-refractivity contribution in [2.45, 2.75) is 59.4 Å². The molecule has 0 amide bonds. The number of carbonyl (C=O) groups excluding carboxylic acids is 1. The summed E-state index contributed by atoms with van der Waals surface area (Å²) < 4.78 is 4.91. The van der Waals surface area contributed by atoms with E-state index < -0.39 is 11.0 Å². The molecule has 0 spiro atoms. The quantitative estimate of drug-likeness (QED) is 0.864. The van der Waals surface area contributed by atoms with Crippen molar-refractivity contribution in [2.75, 3.05) is 12.4 Å². The van der Waals surface area contributed by atoms with E-state index in [1.165, 1.54) is 7.11 Å². The fourth-order valence-electron chi connectivity index (χ4n) is 1.78. The van der Waals surface area contributed by atoms with Gasteiger partial charge in [0.2, 0.25) is 0 Å². The predicted molar refractivity (Wildman–Crippen MR) is 84.2 cm³/mol. The molecular weight excluding hydrogens is 266 g/mol. The lowest BCUT2D eigenvalue weighted by Gasteiger charge is -2.40. The maximum atomic E-state index is 12.0. The monoisotopic (exact) mass is 293 g/mol. The molecule has 5 nitrogen and oxygen atoms in total. The van der Waals surface area contributed by atoms with E-state index in [4.69, 9.17) is 4.74 Å². The molecule has 0 unspecified atom stereocenters. The minimum atomic E-state index is -0.700. The van der Waals surface area contributed by atoms with E-state index in [-0.39, 0.29) is 11.4 Å². The highest BCUT2D eigenvalue weighted by Gasteiger charge is 2.44. The van der Waals surface area contributed by atoms with E-state index in [1.54, 1.807) is 6.20 Å². The zero-order valence-corrected chi connectivity index (χ0v) is 14.4. The summed E-state index contributed by atoms with van der Waals surface area (Å²) in [5.41, 5.74) is -1.35. The van der Waals surface area contributed by atoms with Crippen molar-refractivity contribution in [3.8, 4) is 0 Å². The molecule has 1 rings (SSSR count). The Morgan fingerprint density at radius 3 is 2.19 bits per heavy atom. The molecule has 1 heterocycles. The van der Waals surface area contributed by atoms with E-state index in [0.29, 0.717) is 5.82 Å². The molecule has 0 fully saturated rings. The third-order valence-electron chi connectivity index (χ3n) is 4.03. The lowest BCUT2D eigenvalue weighted by Crippen LogP contribution is -2.51. The summed E-state index contributed by atoms with van der Waals surface area (Å²) in [6.07, 6.45) is 1.73. The molecule has 0 saturated heterocycles. The maximum Gasteiger partial charge on any atom is 0.313 e. The number of nitrogens with zero attached hydrogens (tertiary/aromatic N) is 2. The van der Waals surface area contributed by atoms with Gasteiger partial charge < -0.3 is 10.1 Å². The van der Waals surface area contributed by atoms with Crippen LogP contribution in [0.5, 0.6) is 0 Å². The van der Waals surface area contributed by atoms with E-state index in [2.05, 4.69) is 36.1 Å². The number of methoxy groups -OCH3 is 1. The molecule has 1 N–H and O–H groups in total. The van der Waals surface area contributed by atoms with Gasteiger partial charge in [-0.05, 0) is 33.8 Å². The molecule has 0 atom stereocenters. The highest BCUT2D eigenvalue weighted by molar-refractivity contribution is 5.78. The number of anilines is 1. The standard InChI is InChI=1S/C16H27N3O2/c1-14(2,3)12-17-10-9-11(18-12)19-16(6,7)15(4,5)13(20)21-8/h9-10H,1-8H3,(H,17,18,19). The van der Waals surface area contributed by atoms with Gasteiger partial charge in [-0.3, -0.25) is 4.79 Å².